The normalized spacial score (nSPS) is 10.3. The van der Waals surface area contributed by atoms with Crippen molar-refractivity contribution < 1.29 is 0 Å². The Kier molecular flexibility index (Phi) is 3.67. The average Bonchev–Trinajstić information content (AvgIpc) is 2.28. The Hall–Kier alpha value is -1.81. The van der Waals surface area contributed by atoms with Crippen LogP contribution in [0.15, 0.2) is 46.3 Å². The van der Waals surface area contributed by atoms with Gasteiger partial charge in [-0.1, -0.05) is 29.5 Å². The van der Waals surface area contributed by atoms with Crippen molar-refractivity contribution in [1.82, 2.24) is 4.98 Å². The van der Waals surface area contributed by atoms with Gasteiger partial charge in [0.05, 0.1) is 0 Å². The van der Waals surface area contributed by atoms with E-state index in [1.165, 1.54) is 17.3 Å². The molecule has 1 aromatic heterocycles. The quantitative estimate of drug-likeness (QED) is 0.656. The van der Waals surface area contributed by atoms with Gasteiger partial charge >= 0.3 is 0 Å². The Morgan fingerprint density at radius 1 is 1.22 bits per heavy atom. The van der Waals surface area contributed by atoms with Crippen LogP contribution in [0.1, 0.15) is 16.8 Å². The van der Waals surface area contributed by atoms with Crippen molar-refractivity contribution in [1.29, 1.82) is 5.41 Å². The van der Waals surface area contributed by atoms with Crippen molar-refractivity contribution in [2.75, 3.05) is 0 Å². The lowest BCUT2D eigenvalue weighted by molar-refractivity contribution is 1.05. The van der Waals surface area contributed by atoms with Gasteiger partial charge in [-0.15, -0.1) is 0 Å². The predicted octanol–water partition coefficient (Wildman–Crippen LogP) is 3.13. The molecule has 0 saturated carbocycles. The van der Waals surface area contributed by atoms with Gasteiger partial charge in [0, 0.05) is 16.2 Å². The van der Waals surface area contributed by atoms with E-state index in [-0.39, 0.29) is 5.84 Å². The summed E-state index contributed by atoms with van der Waals surface area (Å²) in [6.07, 6.45) is 0. The van der Waals surface area contributed by atoms with Crippen LogP contribution in [0.4, 0.5) is 0 Å². The fourth-order valence-electron chi connectivity index (χ4n) is 1.61. The summed E-state index contributed by atoms with van der Waals surface area (Å²) in [7, 11) is 0. The smallest absolute Gasteiger partial charge is 0.125 e. The number of rotatable bonds is 3. The van der Waals surface area contributed by atoms with Gasteiger partial charge in [0.25, 0.3) is 0 Å². The van der Waals surface area contributed by atoms with Crippen LogP contribution in [0, 0.1) is 19.3 Å². The fourth-order valence-corrected chi connectivity index (χ4v) is 2.70. The summed E-state index contributed by atoms with van der Waals surface area (Å²) < 4.78 is 0. The van der Waals surface area contributed by atoms with Gasteiger partial charge in [0.15, 0.2) is 0 Å². The Bertz CT molecular complexity index is 593. The van der Waals surface area contributed by atoms with Crippen LogP contribution in [0.2, 0.25) is 0 Å². The van der Waals surface area contributed by atoms with Crippen molar-refractivity contribution in [3.63, 3.8) is 0 Å². The van der Waals surface area contributed by atoms with Gasteiger partial charge in [0.1, 0.15) is 10.9 Å². The maximum atomic E-state index is 7.58. The second-order valence-electron chi connectivity index (χ2n) is 4.14. The summed E-state index contributed by atoms with van der Waals surface area (Å²) in [5.41, 5.74) is 8.40. The van der Waals surface area contributed by atoms with E-state index in [2.05, 4.69) is 24.0 Å². The Labute approximate surface area is 111 Å². The van der Waals surface area contributed by atoms with Crippen LogP contribution in [-0.4, -0.2) is 10.8 Å². The van der Waals surface area contributed by atoms with Crippen LogP contribution in [0.5, 0.6) is 0 Å². The zero-order valence-electron chi connectivity index (χ0n) is 10.4. The third kappa shape index (κ3) is 2.90. The van der Waals surface area contributed by atoms with Crippen LogP contribution in [-0.2, 0) is 0 Å². The molecule has 4 heteroatoms. The minimum Gasteiger partial charge on any atom is -0.384 e. The minimum absolute atomic E-state index is 0.0534. The third-order valence-corrected chi connectivity index (χ3v) is 3.49. The predicted molar refractivity (Wildman–Crippen MR) is 75.3 cm³/mol. The number of aryl methyl sites for hydroxylation is 2. The second-order valence-corrected chi connectivity index (χ2v) is 5.20. The summed E-state index contributed by atoms with van der Waals surface area (Å²) in [4.78, 5) is 5.57. The first-order valence-corrected chi connectivity index (χ1v) is 6.44. The van der Waals surface area contributed by atoms with Crippen molar-refractivity contribution in [2.24, 2.45) is 5.73 Å². The van der Waals surface area contributed by atoms with Crippen LogP contribution < -0.4 is 5.73 Å². The second kappa shape index (κ2) is 5.23. The molecule has 0 atom stereocenters. The number of benzene rings is 1. The molecule has 3 nitrogen and oxygen atoms in total. The first-order chi connectivity index (χ1) is 8.56. The average molecular weight is 257 g/mol. The first kappa shape index (κ1) is 12.6. The molecule has 2 aromatic rings. The lowest BCUT2D eigenvalue weighted by Crippen LogP contribution is -2.13. The lowest BCUT2D eigenvalue weighted by Gasteiger charge is -2.08. The first-order valence-electron chi connectivity index (χ1n) is 5.63. The van der Waals surface area contributed by atoms with E-state index in [1.807, 2.05) is 31.2 Å². The van der Waals surface area contributed by atoms with E-state index in [4.69, 9.17) is 11.1 Å². The number of nitrogens with two attached hydrogens (primary N) is 1. The molecule has 0 aliphatic rings. The molecule has 0 spiro atoms. The van der Waals surface area contributed by atoms with E-state index >= 15 is 0 Å². The van der Waals surface area contributed by atoms with E-state index in [1.54, 1.807) is 0 Å². The van der Waals surface area contributed by atoms with Gasteiger partial charge in [-0.2, -0.15) is 0 Å². The largest absolute Gasteiger partial charge is 0.384 e. The number of nitrogens with zero attached hydrogens (tertiary/aromatic N) is 1. The highest BCUT2D eigenvalue weighted by atomic mass is 32.2. The van der Waals surface area contributed by atoms with E-state index in [9.17, 15) is 0 Å². The van der Waals surface area contributed by atoms with Crippen molar-refractivity contribution in [3.8, 4) is 0 Å². The maximum Gasteiger partial charge on any atom is 0.125 e. The molecule has 0 aliphatic heterocycles. The molecule has 1 heterocycles. The summed E-state index contributed by atoms with van der Waals surface area (Å²) >= 11 is 1.54. The molecule has 92 valence electrons. The molecular weight excluding hydrogens is 242 g/mol. The molecule has 3 N–H and O–H groups in total. The fraction of sp³-hybridized carbons (Fsp3) is 0.143. The number of nitrogen functional groups attached to an aromatic ring is 1. The van der Waals surface area contributed by atoms with Crippen molar-refractivity contribution in [3.05, 3.63) is 53.2 Å². The van der Waals surface area contributed by atoms with Gasteiger partial charge in [-0.05, 0) is 38.1 Å². The van der Waals surface area contributed by atoms with Crippen molar-refractivity contribution >= 4 is 17.6 Å². The maximum absolute atomic E-state index is 7.58. The summed E-state index contributed by atoms with van der Waals surface area (Å²) in [5.74, 6) is 0.0534. The van der Waals surface area contributed by atoms with Crippen LogP contribution in [0.3, 0.4) is 0 Å². The Morgan fingerprint density at radius 2 is 2.00 bits per heavy atom. The van der Waals surface area contributed by atoms with Crippen LogP contribution >= 0.6 is 11.8 Å². The van der Waals surface area contributed by atoms with Gasteiger partial charge in [-0.3, -0.25) is 5.41 Å². The number of aromatic nitrogens is 1. The zero-order valence-corrected chi connectivity index (χ0v) is 11.2. The third-order valence-electron chi connectivity index (χ3n) is 2.49. The molecule has 0 radical (unpaired) electrons. The molecular formula is C14H15N3S. The number of nitrogens with one attached hydrogen (secondary N) is 1. The standard InChI is InChI=1S/C14H15N3S/c1-9-4-3-5-11(8-9)18-14-12(13(15)16)7-6-10(2)17-14/h3-8H,1-2H3,(H3,15,16). The molecule has 0 fully saturated rings. The number of amidine groups is 1. The molecule has 0 bridgehead atoms. The zero-order chi connectivity index (χ0) is 13.1. The highest BCUT2D eigenvalue weighted by Crippen LogP contribution is 2.29. The number of hydrogen-bond donors (Lipinski definition) is 2. The van der Waals surface area contributed by atoms with Crippen LogP contribution in [0.25, 0.3) is 0 Å². The number of pyridine rings is 1. The van der Waals surface area contributed by atoms with E-state index < -0.39 is 0 Å². The molecule has 0 aliphatic carbocycles. The molecule has 18 heavy (non-hydrogen) atoms. The summed E-state index contributed by atoms with van der Waals surface area (Å²) in [5, 5.41) is 8.36. The highest BCUT2D eigenvalue weighted by molar-refractivity contribution is 7.99. The highest BCUT2D eigenvalue weighted by Gasteiger charge is 2.09. The Morgan fingerprint density at radius 3 is 2.67 bits per heavy atom. The lowest BCUT2D eigenvalue weighted by atomic mass is 10.2. The summed E-state index contributed by atoms with van der Waals surface area (Å²) in [6, 6.07) is 11.9. The van der Waals surface area contributed by atoms with E-state index in [0.29, 0.717) is 5.56 Å². The van der Waals surface area contributed by atoms with E-state index in [0.717, 1.165) is 15.6 Å². The topological polar surface area (TPSA) is 62.8 Å². The van der Waals surface area contributed by atoms with Gasteiger partial charge < -0.3 is 5.73 Å². The summed E-state index contributed by atoms with van der Waals surface area (Å²) in [6.45, 7) is 3.99. The van der Waals surface area contributed by atoms with Gasteiger partial charge in [-0.25, -0.2) is 4.98 Å². The minimum atomic E-state index is 0.0534. The van der Waals surface area contributed by atoms with Gasteiger partial charge in [0.2, 0.25) is 0 Å². The number of hydrogen-bond acceptors (Lipinski definition) is 3. The monoisotopic (exact) mass is 257 g/mol. The Balaban J connectivity index is 2.39. The molecule has 0 saturated heterocycles. The molecule has 2 rings (SSSR count). The molecule has 0 unspecified atom stereocenters. The molecule has 0 amide bonds. The SMILES string of the molecule is Cc1cccc(Sc2nc(C)ccc2C(=N)N)c1. The molecule has 1 aromatic carbocycles. The van der Waals surface area contributed by atoms with Crippen molar-refractivity contribution in [2.45, 2.75) is 23.8 Å².